The number of carboxylic acids is 1. The first kappa shape index (κ1) is 14.8. The van der Waals surface area contributed by atoms with Gasteiger partial charge in [-0.15, -0.1) is 11.3 Å². The fourth-order valence-electron chi connectivity index (χ4n) is 2.05. The van der Waals surface area contributed by atoms with Crippen LogP contribution in [0.5, 0.6) is 0 Å². The molecule has 1 amide bonds. The molecule has 0 spiro atoms. The van der Waals surface area contributed by atoms with Crippen molar-refractivity contribution in [3.05, 3.63) is 16.1 Å². The van der Waals surface area contributed by atoms with Crippen molar-refractivity contribution in [1.82, 2.24) is 10.3 Å². The predicted molar refractivity (Wildman–Crippen MR) is 63.4 cm³/mol. The summed E-state index contributed by atoms with van der Waals surface area (Å²) in [6, 6.07) is 0. The fourth-order valence-corrected chi connectivity index (χ4v) is 2.72. The van der Waals surface area contributed by atoms with Crippen molar-refractivity contribution in [2.75, 3.05) is 0 Å². The average Bonchev–Trinajstić information content (AvgIpc) is 2.73. The van der Waals surface area contributed by atoms with Gasteiger partial charge in [0.25, 0.3) is 5.91 Å². The van der Waals surface area contributed by atoms with Gasteiger partial charge < -0.3 is 10.4 Å². The van der Waals surface area contributed by atoms with Crippen LogP contribution >= 0.6 is 11.3 Å². The van der Waals surface area contributed by atoms with Crippen molar-refractivity contribution < 1.29 is 27.9 Å². The maximum absolute atomic E-state index is 12.4. The smallest absolute Gasteiger partial charge is 0.443 e. The Kier molecular flexibility index (Phi) is 3.72. The summed E-state index contributed by atoms with van der Waals surface area (Å²) < 4.78 is 37.2. The number of carboxylic acid groups (broad SMARTS) is 1. The van der Waals surface area contributed by atoms with Crippen molar-refractivity contribution >= 4 is 23.2 Å². The molecule has 110 valence electrons. The molecule has 1 aromatic rings. The largest absolute Gasteiger partial charge is 0.481 e. The normalized spacial score (nSPS) is 17.4. The monoisotopic (exact) mass is 308 g/mol. The molecule has 2 rings (SSSR count). The third kappa shape index (κ3) is 3.09. The lowest BCUT2D eigenvalue weighted by Gasteiger charge is -2.41. The van der Waals surface area contributed by atoms with Gasteiger partial charge >= 0.3 is 12.1 Å². The van der Waals surface area contributed by atoms with E-state index in [1.807, 2.05) is 0 Å². The van der Waals surface area contributed by atoms with Gasteiger partial charge in [-0.3, -0.25) is 9.59 Å². The minimum absolute atomic E-state index is 0.241. The van der Waals surface area contributed by atoms with Gasteiger partial charge in [0.2, 0.25) is 0 Å². The first-order valence-electron chi connectivity index (χ1n) is 5.79. The van der Waals surface area contributed by atoms with Crippen LogP contribution in [0.4, 0.5) is 13.2 Å². The van der Waals surface area contributed by atoms with Crippen molar-refractivity contribution in [1.29, 1.82) is 0 Å². The average molecular weight is 308 g/mol. The molecule has 0 aromatic carbocycles. The van der Waals surface area contributed by atoms with Gasteiger partial charge in [-0.25, -0.2) is 4.98 Å². The minimum atomic E-state index is -4.58. The van der Waals surface area contributed by atoms with Gasteiger partial charge in [0.05, 0.1) is 12.0 Å². The third-order valence-corrected chi connectivity index (χ3v) is 4.05. The number of aromatic nitrogens is 1. The topological polar surface area (TPSA) is 79.3 Å². The van der Waals surface area contributed by atoms with Gasteiger partial charge in [0.1, 0.15) is 5.69 Å². The molecule has 9 heteroatoms. The molecule has 1 aromatic heterocycles. The van der Waals surface area contributed by atoms with Crippen molar-refractivity contribution in [3.63, 3.8) is 0 Å². The van der Waals surface area contributed by atoms with E-state index in [2.05, 4.69) is 10.3 Å². The molecule has 0 bridgehead atoms. The fraction of sp³-hybridized carbons (Fsp3) is 0.545. The first-order chi connectivity index (χ1) is 9.22. The highest BCUT2D eigenvalue weighted by Gasteiger charge is 2.41. The predicted octanol–water partition coefficient (Wildman–Crippen LogP) is 2.29. The summed E-state index contributed by atoms with van der Waals surface area (Å²) in [7, 11) is 0. The van der Waals surface area contributed by atoms with E-state index in [-0.39, 0.29) is 12.1 Å². The Morgan fingerprint density at radius 3 is 2.50 bits per heavy atom. The van der Waals surface area contributed by atoms with Crippen LogP contribution in [0, 0.1) is 0 Å². The zero-order valence-corrected chi connectivity index (χ0v) is 11.0. The van der Waals surface area contributed by atoms with Crippen LogP contribution in [0.15, 0.2) is 5.38 Å². The van der Waals surface area contributed by atoms with Crippen LogP contribution in [-0.2, 0) is 11.0 Å². The summed E-state index contributed by atoms with van der Waals surface area (Å²) in [6.07, 6.45) is -3.05. The number of halogens is 3. The Bertz CT molecular complexity index is 537. The highest BCUT2D eigenvalue weighted by atomic mass is 32.1. The summed E-state index contributed by atoms with van der Waals surface area (Å²) in [5.41, 5.74) is -1.19. The zero-order chi connectivity index (χ0) is 15.0. The molecule has 20 heavy (non-hydrogen) atoms. The Labute approximate surface area is 115 Å². The zero-order valence-electron chi connectivity index (χ0n) is 10.2. The molecule has 2 N–H and O–H groups in total. The van der Waals surface area contributed by atoms with Crippen molar-refractivity contribution in [3.8, 4) is 0 Å². The molecule has 0 atom stereocenters. The van der Waals surface area contributed by atoms with E-state index in [9.17, 15) is 22.8 Å². The van der Waals surface area contributed by atoms with Gasteiger partial charge in [-0.1, -0.05) is 0 Å². The third-order valence-electron chi connectivity index (χ3n) is 3.16. The van der Waals surface area contributed by atoms with Crippen LogP contribution in [0.2, 0.25) is 0 Å². The van der Waals surface area contributed by atoms with Crippen LogP contribution in [0.3, 0.4) is 0 Å². The molecule has 1 aliphatic rings. The molecule has 0 saturated heterocycles. The number of alkyl halides is 3. The van der Waals surface area contributed by atoms with Gasteiger partial charge in [0.15, 0.2) is 5.01 Å². The summed E-state index contributed by atoms with van der Waals surface area (Å²) >= 11 is 0.337. The van der Waals surface area contributed by atoms with Gasteiger partial charge in [0, 0.05) is 5.38 Å². The van der Waals surface area contributed by atoms with E-state index < -0.39 is 28.6 Å². The molecule has 1 heterocycles. The quantitative estimate of drug-likeness (QED) is 0.894. The maximum Gasteiger partial charge on any atom is 0.443 e. The lowest BCUT2D eigenvalue weighted by atomic mass is 9.74. The summed E-state index contributed by atoms with van der Waals surface area (Å²) in [5.74, 6) is -1.82. The van der Waals surface area contributed by atoms with Gasteiger partial charge in [-0.2, -0.15) is 13.2 Å². The Morgan fingerprint density at radius 1 is 1.45 bits per heavy atom. The molecule has 1 fully saturated rings. The number of carbonyl (C=O) groups excluding carboxylic acids is 1. The lowest BCUT2D eigenvalue weighted by Crippen LogP contribution is -2.54. The standard InChI is InChI=1S/C11H11F3N2O3S/c12-11(13,14)9-15-6(5-20-9)8(19)16-10(2-1-3-10)4-7(17)18/h5H,1-4H2,(H,16,19)(H,17,18). The molecule has 1 aliphatic carbocycles. The number of carbonyl (C=O) groups is 2. The van der Waals surface area contributed by atoms with E-state index >= 15 is 0 Å². The summed E-state index contributed by atoms with van der Waals surface area (Å²) in [4.78, 5) is 25.8. The first-order valence-corrected chi connectivity index (χ1v) is 6.67. The summed E-state index contributed by atoms with van der Waals surface area (Å²) in [6.45, 7) is 0. The SMILES string of the molecule is O=C(O)CC1(NC(=O)c2csc(C(F)(F)F)n2)CCC1. The van der Waals surface area contributed by atoms with Crippen LogP contribution in [-0.4, -0.2) is 27.5 Å². The highest BCUT2D eigenvalue weighted by molar-refractivity contribution is 7.09. The molecule has 1 saturated carbocycles. The van der Waals surface area contributed by atoms with Crippen LogP contribution in [0.25, 0.3) is 0 Å². The number of aliphatic carboxylic acids is 1. The molecule has 0 aliphatic heterocycles. The van der Waals surface area contributed by atoms with E-state index in [0.29, 0.717) is 24.2 Å². The summed E-state index contributed by atoms with van der Waals surface area (Å²) in [5, 5.41) is 11.2. The number of nitrogens with zero attached hydrogens (tertiary/aromatic N) is 1. The molecular weight excluding hydrogens is 297 g/mol. The van der Waals surface area contributed by atoms with E-state index in [1.165, 1.54) is 0 Å². The Balaban J connectivity index is 2.08. The number of rotatable bonds is 4. The number of hydrogen-bond acceptors (Lipinski definition) is 4. The molecule has 5 nitrogen and oxygen atoms in total. The van der Waals surface area contributed by atoms with E-state index in [4.69, 9.17) is 5.11 Å². The van der Waals surface area contributed by atoms with Crippen LogP contribution in [0.1, 0.15) is 41.2 Å². The number of amides is 1. The van der Waals surface area contributed by atoms with Crippen molar-refractivity contribution in [2.45, 2.75) is 37.4 Å². The Hall–Kier alpha value is -1.64. The molecule has 0 radical (unpaired) electrons. The van der Waals surface area contributed by atoms with Crippen LogP contribution < -0.4 is 5.32 Å². The second-order valence-electron chi connectivity index (χ2n) is 4.69. The lowest BCUT2D eigenvalue weighted by molar-refractivity contribution is -0.139. The maximum atomic E-state index is 12.4. The Morgan fingerprint density at radius 2 is 2.10 bits per heavy atom. The highest BCUT2D eigenvalue weighted by Crippen LogP contribution is 2.36. The molecule has 0 unspecified atom stereocenters. The minimum Gasteiger partial charge on any atom is -0.481 e. The number of hydrogen-bond donors (Lipinski definition) is 2. The van der Waals surface area contributed by atoms with E-state index in [0.717, 1.165) is 11.8 Å². The van der Waals surface area contributed by atoms with Crippen molar-refractivity contribution in [2.24, 2.45) is 0 Å². The number of nitrogens with one attached hydrogen (secondary N) is 1. The van der Waals surface area contributed by atoms with Gasteiger partial charge in [-0.05, 0) is 19.3 Å². The van der Waals surface area contributed by atoms with E-state index in [1.54, 1.807) is 0 Å². The molecular formula is C11H11F3N2O3S. The number of thiazole rings is 1. The second kappa shape index (κ2) is 5.04. The second-order valence-corrected chi connectivity index (χ2v) is 5.55.